The summed E-state index contributed by atoms with van der Waals surface area (Å²) >= 11 is 6.79. The molecule has 0 spiro atoms. The van der Waals surface area contributed by atoms with Crippen LogP contribution in [0.3, 0.4) is 0 Å². The Morgan fingerprint density at radius 3 is 2.02 bits per heavy atom. The van der Waals surface area contributed by atoms with Gasteiger partial charge in [0, 0.05) is 61.6 Å². The summed E-state index contributed by atoms with van der Waals surface area (Å²) in [6, 6.07) is 15.7. The number of nitrogens with zero attached hydrogens (tertiary/aromatic N) is 1. The minimum absolute atomic E-state index is 0.123. The quantitative estimate of drug-likeness (QED) is 0.310. The maximum atomic E-state index is 13.9. The molecular weight excluding hydrogens is 522 g/mol. The Hall–Kier alpha value is -2.89. The second-order valence-electron chi connectivity index (χ2n) is 13.0. The highest BCUT2D eigenvalue weighted by atomic mass is 35.5. The number of carbonyl (C=O) groups excluding carboxylic acids is 2. The Kier molecular flexibility index (Phi) is 8.00. The Morgan fingerprint density at radius 2 is 1.48 bits per heavy atom. The van der Waals surface area contributed by atoms with E-state index in [1.54, 1.807) is 7.11 Å². The molecule has 0 bridgehead atoms. The molecule has 2 aromatic rings. The molecule has 212 valence electrons. The first-order valence-corrected chi connectivity index (χ1v) is 14.6. The molecule has 1 aliphatic heterocycles. The van der Waals surface area contributed by atoms with Crippen LogP contribution < -0.4 is 4.74 Å². The van der Waals surface area contributed by atoms with Crippen LogP contribution in [0.1, 0.15) is 76.8 Å². The van der Waals surface area contributed by atoms with Gasteiger partial charge in [-0.1, -0.05) is 75.7 Å². The van der Waals surface area contributed by atoms with Crippen molar-refractivity contribution in [1.29, 1.82) is 0 Å². The zero-order valence-corrected chi connectivity index (χ0v) is 25.1. The number of ether oxygens (including phenoxy) is 2. The Balaban J connectivity index is 1.60. The van der Waals surface area contributed by atoms with Gasteiger partial charge in [0.15, 0.2) is 11.6 Å². The minimum atomic E-state index is -0.420. The third kappa shape index (κ3) is 5.77. The van der Waals surface area contributed by atoms with Crippen LogP contribution in [0.25, 0.3) is 0 Å². The van der Waals surface area contributed by atoms with Gasteiger partial charge in [-0.2, -0.15) is 0 Å². The maximum Gasteiger partial charge on any atom is 0.162 e. The van der Waals surface area contributed by atoms with E-state index < -0.39 is 5.92 Å². The van der Waals surface area contributed by atoms with Gasteiger partial charge in [0.1, 0.15) is 12.4 Å². The smallest absolute Gasteiger partial charge is 0.162 e. The number of ketones is 2. The average molecular weight is 562 g/mol. The fourth-order valence-electron chi connectivity index (χ4n) is 6.57. The average Bonchev–Trinajstić information content (AvgIpc) is 2.87. The predicted octanol–water partition coefficient (Wildman–Crippen LogP) is 7.64. The van der Waals surface area contributed by atoms with Gasteiger partial charge in [-0.3, -0.25) is 9.59 Å². The van der Waals surface area contributed by atoms with E-state index in [9.17, 15) is 9.59 Å². The second kappa shape index (κ2) is 11.2. The standard InChI is InChI=1S/C34H40ClNO4/c1-33(2)17-25-31(27(37)19-33)30(23-12-13-29(24(35)16-23)40-21-22-10-7-6-8-11-22)32-26(36(25)14-9-15-39-5)18-34(3,4)20-28(32)38/h6-8,10-13,16,30H,9,14-15,17-21H2,1-5H3. The highest BCUT2D eigenvalue weighted by Gasteiger charge is 2.48. The molecule has 0 saturated carbocycles. The first-order chi connectivity index (χ1) is 19.0. The van der Waals surface area contributed by atoms with E-state index >= 15 is 0 Å². The van der Waals surface area contributed by atoms with Crippen molar-refractivity contribution in [3.05, 3.63) is 87.2 Å². The second-order valence-corrected chi connectivity index (χ2v) is 13.4. The van der Waals surface area contributed by atoms with E-state index in [2.05, 4.69) is 32.6 Å². The fourth-order valence-corrected chi connectivity index (χ4v) is 6.81. The molecule has 0 saturated heterocycles. The molecule has 0 atom stereocenters. The molecule has 0 fully saturated rings. The van der Waals surface area contributed by atoms with Crippen molar-refractivity contribution in [3.8, 4) is 5.75 Å². The predicted molar refractivity (Wildman–Crippen MR) is 158 cm³/mol. The van der Waals surface area contributed by atoms with Crippen molar-refractivity contribution < 1.29 is 19.1 Å². The van der Waals surface area contributed by atoms with Gasteiger partial charge in [0.2, 0.25) is 0 Å². The topological polar surface area (TPSA) is 55.8 Å². The molecular formula is C34H40ClNO4. The van der Waals surface area contributed by atoms with Crippen LogP contribution in [0.2, 0.25) is 5.02 Å². The number of carbonyl (C=O) groups is 2. The van der Waals surface area contributed by atoms with Gasteiger partial charge in [0.05, 0.1) is 5.02 Å². The van der Waals surface area contributed by atoms with E-state index in [1.165, 1.54) is 0 Å². The van der Waals surface area contributed by atoms with Gasteiger partial charge < -0.3 is 14.4 Å². The number of halogens is 1. The van der Waals surface area contributed by atoms with Crippen molar-refractivity contribution in [2.75, 3.05) is 20.3 Å². The lowest BCUT2D eigenvalue weighted by Gasteiger charge is -2.49. The molecule has 3 aliphatic rings. The minimum Gasteiger partial charge on any atom is -0.487 e. The van der Waals surface area contributed by atoms with E-state index in [0.29, 0.717) is 36.8 Å². The highest BCUT2D eigenvalue weighted by molar-refractivity contribution is 6.32. The summed E-state index contributed by atoms with van der Waals surface area (Å²) in [6.45, 7) is 10.4. The molecule has 2 aliphatic carbocycles. The van der Waals surface area contributed by atoms with Crippen molar-refractivity contribution >= 4 is 23.2 Å². The van der Waals surface area contributed by atoms with Crippen LogP contribution in [0.5, 0.6) is 5.75 Å². The van der Waals surface area contributed by atoms with Crippen molar-refractivity contribution in [2.24, 2.45) is 10.8 Å². The number of rotatable bonds is 8. The first kappa shape index (κ1) is 28.6. The zero-order valence-electron chi connectivity index (χ0n) is 24.3. The largest absolute Gasteiger partial charge is 0.487 e. The number of Topliss-reactive ketones (excluding diaryl/α,β-unsaturated/α-hetero) is 2. The van der Waals surface area contributed by atoms with Gasteiger partial charge in [-0.25, -0.2) is 0 Å². The lowest BCUT2D eigenvalue weighted by Crippen LogP contribution is -2.44. The summed E-state index contributed by atoms with van der Waals surface area (Å²) in [5.41, 5.74) is 5.26. The third-order valence-electron chi connectivity index (χ3n) is 8.28. The summed E-state index contributed by atoms with van der Waals surface area (Å²) < 4.78 is 11.4. The number of benzene rings is 2. The lowest BCUT2D eigenvalue weighted by molar-refractivity contribution is -0.119. The summed E-state index contributed by atoms with van der Waals surface area (Å²) in [5, 5.41) is 0.479. The van der Waals surface area contributed by atoms with Crippen LogP contribution in [-0.2, 0) is 20.9 Å². The number of hydrogen-bond donors (Lipinski definition) is 0. The van der Waals surface area contributed by atoms with Gasteiger partial charge in [-0.05, 0) is 53.4 Å². The molecule has 0 aromatic heterocycles. The molecule has 0 N–H and O–H groups in total. The van der Waals surface area contributed by atoms with Gasteiger partial charge >= 0.3 is 0 Å². The molecule has 40 heavy (non-hydrogen) atoms. The van der Waals surface area contributed by atoms with E-state index in [-0.39, 0.29) is 22.4 Å². The van der Waals surface area contributed by atoms with Crippen molar-refractivity contribution in [3.63, 3.8) is 0 Å². The van der Waals surface area contributed by atoms with Crippen molar-refractivity contribution in [1.82, 2.24) is 4.90 Å². The SMILES string of the molecule is COCCCN1C2=C(C(=O)CC(C)(C)C2)C(c2ccc(OCc3ccccc3)c(Cl)c2)C2=C1CC(C)(C)CC2=O. The molecule has 0 amide bonds. The summed E-state index contributed by atoms with van der Waals surface area (Å²) in [5.74, 6) is 0.411. The van der Waals surface area contributed by atoms with E-state index in [0.717, 1.165) is 59.5 Å². The molecule has 0 radical (unpaired) electrons. The number of methoxy groups -OCH3 is 1. The molecule has 2 aromatic carbocycles. The Bertz CT molecular complexity index is 1320. The Morgan fingerprint density at radius 1 is 0.875 bits per heavy atom. The highest BCUT2D eigenvalue weighted by Crippen LogP contribution is 2.54. The van der Waals surface area contributed by atoms with Gasteiger partial charge in [0.25, 0.3) is 0 Å². The van der Waals surface area contributed by atoms with Crippen LogP contribution in [0, 0.1) is 10.8 Å². The van der Waals surface area contributed by atoms with E-state index in [4.69, 9.17) is 21.1 Å². The molecule has 6 heteroatoms. The van der Waals surface area contributed by atoms with Crippen LogP contribution in [0.15, 0.2) is 71.1 Å². The molecule has 5 nitrogen and oxygen atoms in total. The van der Waals surface area contributed by atoms with E-state index in [1.807, 2.05) is 48.5 Å². The fraction of sp³-hybridized carbons (Fsp3) is 0.471. The van der Waals surface area contributed by atoms with Crippen LogP contribution >= 0.6 is 11.6 Å². The summed E-state index contributed by atoms with van der Waals surface area (Å²) in [4.78, 5) is 30.1. The van der Waals surface area contributed by atoms with Gasteiger partial charge in [-0.15, -0.1) is 0 Å². The molecule has 1 heterocycles. The summed E-state index contributed by atoms with van der Waals surface area (Å²) in [6.07, 6.45) is 3.31. The lowest BCUT2D eigenvalue weighted by atomic mass is 9.63. The third-order valence-corrected chi connectivity index (χ3v) is 8.57. The maximum absolute atomic E-state index is 13.9. The van der Waals surface area contributed by atoms with Crippen LogP contribution in [0.4, 0.5) is 0 Å². The zero-order chi connectivity index (χ0) is 28.7. The number of hydrogen-bond acceptors (Lipinski definition) is 5. The van der Waals surface area contributed by atoms with Crippen molar-refractivity contribution in [2.45, 2.75) is 72.3 Å². The van der Waals surface area contributed by atoms with Crippen LogP contribution in [-0.4, -0.2) is 36.7 Å². The molecule has 5 rings (SSSR count). The normalized spacial score (nSPS) is 20.5. The monoisotopic (exact) mass is 561 g/mol. The molecule has 0 unspecified atom stereocenters. The number of allylic oxidation sites excluding steroid dienone is 4. The summed E-state index contributed by atoms with van der Waals surface area (Å²) in [7, 11) is 1.71. The Labute approximate surface area is 243 Å². The first-order valence-electron chi connectivity index (χ1n) is 14.2.